The third-order valence-corrected chi connectivity index (χ3v) is 6.12. The number of hydrogen-bond acceptors (Lipinski definition) is 5. The lowest BCUT2D eigenvalue weighted by atomic mass is 9.87. The molecule has 1 atom stereocenters. The highest BCUT2D eigenvalue weighted by molar-refractivity contribution is 6.07. The first-order valence-electron chi connectivity index (χ1n) is 10.8. The third-order valence-electron chi connectivity index (χ3n) is 6.12. The molecule has 2 aromatic rings. The van der Waals surface area contributed by atoms with Crippen LogP contribution in [0.5, 0.6) is 0 Å². The van der Waals surface area contributed by atoms with Gasteiger partial charge in [-0.15, -0.1) is 0 Å². The number of anilines is 1. The van der Waals surface area contributed by atoms with Crippen LogP contribution in [-0.4, -0.2) is 61.8 Å². The van der Waals surface area contributed by atoms with Gasteiger partial charge in [-0.1, -0.05) is 49.4 Å². The quantitative estimate of drug-likeness (QED) is 0.695. The molecule has 2 aliphatic heterocycles. The fourth-order valence-corrected chi connectivity index (χ4v) is 4.35. The summed E-state index contributed by atoms with van der Waals surface area (Å²) in [7, 11) is 1.92. The maximum Gasteiger partial charge on any atom is 0.326 e. The van der Waals surface area contributed by atoms with Crippen molar-refractivity contribution in [1.82, 2.24) is 15.1 Å². The predicted octanol–water partition coefficient (Wildman–Crippen LogP) is 2.77. The van der Waals surface area contributed by atoms with E-state index in [-0.39, 0.29) is 18.6 Å². The van der Waals surface area contributed by atoms with Crippen molar-refractivity contribution in [3.63, 3.8) is 0 Å². The van der Waals surface area contributed by atoms with Gasteiger partial charge in [0.25, 0.3) is 5.91 Å². The summed E-state index contributed by atoms with van der Waals surface area (Å²) in [6.07, 6.45) is 0.505. The van der Waals surface area contributed by atoms with E-state index in [1.54, 1.807) is 0 Å². The second kappa shape index (κ2) is 9.08. The molecule has 2 heterocycles. The highest BCUT2D eigenvalue weighted by Gasteiger charge is 2.51. The SMILES string of the molecule is CC[C@@]1(c2ccccc2)NC(=O)N(CN(C)Cc2ccc(N3CCOCC3)cc2)C1=O. The molecule has 7 nitrogen and oxygen atoms in total. The van der Waals surface area contributed by atoms with Crippen LogP contribution in [0.15, 0.2) is 54.6 Å². The molecule has 164 valence electrons. The lowest BCUT2D eigenvalue weighted by Crippen LogP contribution is -2.44. The molecule has 4 rings (SSSR count). The molecule has 2 saturated heterocycles. The summed E-state index contributed by atoms with van der Waals surface area (Å²) < 4.78 is 5.42. The fraction of sp³-hybridized carbons (Fsp3) is 0.417. The molecule has 0 radical (unpaired) electrons. The van der Waals surface area contributed by atoms with E-state index in [4.69, 9.17) is 4.74 Å². The summed E-state index contributed by atoms with van der Waals surface area (Å²) in [6, 6.07) is 17.6. The number of carbonyl (C=O) groups excluding carboxylic acids is 2. The minimum absolute atomic E-state index is 0.194. The molecule has 1 N–H and O–H groups in total. The molecular weight excluding hydrogens is 392 g/mol. The number of urea groups is 1. The van der Waals surface area contributed by atoms with Crippen LogP contribution in [0.2, 0.25) is 0 Å². The van der Waals surface area contributed by atoms with Crippen LogP contribution in [0.25, 0.3) is 0 Å². The van der Waals surface area contributed by atoms with E-state index < -0.39 is 5.54 Å². The van der Waals surface area contributed by atoms with Gasteiger partial charge in [0.15, 0.2) is 0 Å². The molecule has 2 fully saturated rings. The van der Waals surface area contributed by atoms with Crippen molar-refractivity contribution in [2.75, 3.05) is 44.9 Å². The number of amides is 3. The molecule has 31 heavy (non-hydrogen) atoms. The molecule has 0 aromatic heterocycles. The first-order chi connectivity index (χ1) is 15.0. The number of hydrogen-bond donors (Lipinski definition) is 1. The maximum atomic E-state index is 13.3. The smallest absolute Gasteiger partial charge is 0.326 e. The Morgan fingerprint density at radius 3 is 2.35 bits per heavy atom. The topological polar surface area (TPSA) is 65.1 Å². The zero-order chi connectivity index (χ0) is 21.8. The van der Waals surface area contributed by atoms with Crippen LogP contribution in [-0.2, 0) is 21.6 Å². The van der Waals surface area contributed by atoms with Gasteiger partial charge in [-0.05, 0) is 36.7 Å². The first-order valence-corrected chi connectivity index (χ1v) is 10.8. The predicted molar refractivity (Wildman–Crippen MR) is 120 cm³/mol. The average molecular weight is 423 g/mol. The zero-order valence-electron chi connectivity index (χ0n) is 18.2. The maximum absolute atomic E-state index is 13.3. The van der Waals surface area contributed by atoms with Crippen LogP contribution < -0.4 is 10.2 Å². The Kier molecular flexibility index (Phi) is 6.25. The standard InChI is InChI=1S/C24H30N4O3/c1-3-24(20-7-5-4-6-8-20)22(29)28(23(30)25-24)18-26(2)17-19-9-11-21(12-10-19)27-13-15-31-16-14-27/h4-12H,3,13-18H2,1-2H3,(H,25,30)/t24-/m0/s1. The lowest BCUT2D eigenvalue weighted by molar-refractivity contribution is -0.133. The number of imide groups is 1. The van der Waals surface area contributed by atoms with Gasteiger partial charge in [0.2, 0.25) is 0 Å². The summed E-state index contributed by atoms with van der Waals surface area (Å²) in [5.74, 6) is -0.194. The van der Waals surface area contributed by atoms with Gasteiger partial charge in [-0.2, -0.15) is 0 Å². The summed E-state index contributed by atoms with van der Waals surface area (Å²) in [4.78, 5) is 31.6. The molecule has 0 spiro atoms. The van der Waals surface area contributed by atoms with Crippen molar-refractivity contribution in [1.29, 1.82) is 0 Å². The second-order valence-corrected chi connectivity index (χ2v) is 8.21. The largest absolute Gasteiger partial charge is 0.378 e. The molecule has 0 aliphatic carbocycles. The summed E-state index contributed by atoms with van der Waals surface area (Å²) in [6.45, 7) is 6.15. The minimum Gasteiger partial charge on any atom is -0.378 e. The van der Waals surface area contributed by atoms with Crippen LogP contribution in [0, 0.1) is 0 Å². The van der Waals surface area contributed by atoms with E-state index in [2.05, 4.69) is 34.5 Å². The molecule has 2 aliphatic rings. The fourth-order valence-electron chi connectivity index (χ4n) is 4.35. The van der Waals surface area contributed by atoms with Crippen molar-refractivity contribution in [2.24, 2.45) is 0 Å². The Labute approximate surface area is 183 Å². The van der Waals surface area contributed by atoms with E-state index in [0.717, 1.165) is 37.4 Å². The van der Waals surface area contributed by atoms with Crippen molar-refractivity contribution >= 4 is 17.6 Å². The van der Waals surface area contributed by atoms with Crippen molar-refractivity contribution in [3.05, 3.63) is 65.7 Å². The molecular formula is C24H30N4O3. The highest BCUT2D eigenvalue weighted by Crippen LogP contribution is 2.32. The van der Waals surface area contributed by atoms with Gasteiger partial charge in [-0.25, -0.2) is 9.69 Å². The van der Waals surface area contributed by atoms with Crippen molar-refractivity contribution < 1.29 is 14.3 Å². The number of benzene rings is 2. The van der Waals surface area contributed by atoms with Gasteiger partial charge >= 0.3 is 6.03 Å². The van der Waals surface area contributed by atoms with E-state index in [9.17, 15) is 9.59 Å². The molecule has 0 bridgehead atoms. The monoisotopic (exact) mass is 422 g/mol. The van der Waals surface area contributed by atoms with Crippen LogP contribution >= 0.6 is 0 Å². The Hall–Kier alpha value is -2.90. The number of morpholine rings is 1. The summed E-state index contributed by atoms with van der Waals surface area (Å²) in [5, 5.41) is 2.94. The van der Waals surface area contributed by atoms with E-state index in [0.29, 0.717) is 13.0 Å². The number of ether oxygens (including phenoxy) is 1. The van der Waals surface area contributed by atoms with E-state index in [1.165, 1.54) is 10.6 Å². The molecule has 7 heteroatoms. The average Bonchev–Trinajstić information content (AvgIpc) is 3.06. The number of nitrogens with zero attached hydrogens (tertiary/aromatic N) is 3. The van der Waals surface area contributed by atoms with Crippen LogP contribution in [0.4, 0.5) is 10.5 Å². The molecule has 2 aromatic carbocycles. The van der Waals surface area contributed by atoms with Crippen molar-refractivity contribution in [3.8, 4) is 0 Å². The summed E-state index contributed by atoms with van der Waals surface area (Å²) in [5.41, 5.74) is 2.16. The molecule has 0 saturated carbocycles. The van der Waals surface area contributed by atoms with Gasteiger partial charge in [-0.3, -0.25) is 9.69 Å². The van der Waals surface area contributed by atoms with Gasteiger partial charge in [0.1, 0.15) is 5.54 Å². The normalized spacial score (nSPS) is 21.6. The van der Waals surface area contributed by atoms with Gasteiger partial charge in [0, 0.05) is 25.3 Å². The van der Waals surface area contributed by atoms with Gasteiger partial charge < -0.3 is 15.0 Å². The third kappa shape index (κ3) is 4.29. The Balaban J connectivity index is 1.41. The molecule has 0 unspecified atom stereocenters. The first kappa shape index (κ1) is 21.3. The summed E-state index contributed by atoms with van der Waals surface area (Å²) >= 11 is 0. The van der Waals surface area contributed by atoms with E-state index >= 15 is 0 Å². The van der Waals surface area contributed by atoms with Gasteiger partial charge in [0.05, 0.1) is 19.9 Å². The Morgan fingerprint density at radius 2 is 1.71 bits per heavy atom. The number of carbonyl (C=O) groups is 2. The Morgan fingerprint density at radius 1 is 1.03 bits per heavy atom. The number of rotatable bonds is 7. The highest BCUT2D eigenvalue weighted by atomic mass is 16.5. The zero-order valence-corrected chi connectivity index (χ0v) is 18.2. The molecule has 3 amide bonds. The Bertz CT molecular complexity index is 912. The van der Waals surface area contributed by atoms with E-state index in [1.807, 2.05) is 49.2 Å². The lowest BCUT2D eigenvalue weighted by Gasteiger charge is -2.29. The minimum atomic E-state index is -0.987. The number of nitrogens with one attached hydrogen (secondary N) is 1. The van der Waals surface area contributed by atoms with Crippen LogP contribution in [0.1, 0.15) is 24.5 Å². The van der Waals surface area contributed by atoms with Crippen LogP contribution in [0.3, 0.4) is 0 Å². The second-order valence-electron chi connectivity index (χ2n) is 8.21. The van der Waals surface area contributed by atoms with Crippen molar-refractivity contribution in [2.45, 2.75) is 25.4 Å².